The zero-order valence-corrected chi connectivity index (χ0v) is 15.9. The molecule has 1 rings (SSSR count). The molecule has 0 saturated carbocycles. The number of aromatic carboxylic acids is 1. The third-order valence-electron chi connectivity index (χ3n) is 4.85. The van der Waals surface area contributed by atoms with Crippen molar-refractivity contribution in [3.8, 4) is 0 Å². The lowest BCUT2D eigenvalue weighted by Crippen LogP contribution is -2.43. The van der Waals surface area contributed by atoms with Crippen LogP contribution in [0.3, 0.4) is 0 Å². The lowest BCUT2D eigenvalue weighted by molar-refractivity contribution is -0.255. The van der Waals surface area contributed by atoms with Gasteiger partial charge in [0.2, 0.25) is 0 Å². The normalized spacial score (nSPS) is 11.6. The number of hydrogen-bond donors (Lipinski definition) is 0. The maximum Gasteiger partial charge on any atom is 0.141 e. The summed E-state index contributed by atoms with van der Waals surface area (Å²) < 4.78 is 0.598. The highest BCUT2D eigenvalue weighted by Gasteiger charge is 2.22. The summed E-state index contributed by atoms with van der Waals surface area (Å²) in [6.07, 6.45) is 13.2. The van der Waals surface area contributed by atoms with Gasteiger partial charge in [0.15, 0.2) is 0 Å². The standard InChI is InChI=1S/C21H35NO2/c1-4-5-6-7-8-9-10-11-12-15-18-22(2,3)20-17-14-13-16-19(20)21(23)24/h13-14,16-17H,4-12,15,18H2,1-3H3. The quantitative estimate of drug-likeness (QED) is 0.393. The smallest absolute Gasteiger partial charge is 0.141 e. The molecular weight excluding hydrogens is 298 g/mol. The molecule has 0 radical (unpaired) electrons. The van der Waals surface area contributed by atoms with Gasteiger partial charge in [-0.25, -0.2) is 0 Å². The minimum atomic E-state index is -1.08. The van der Waals surface area contributed by atoms with E-state index < -0.39 is 5.97 Å². The average molecular weight is 334 g/mol. The molecule has 0 unspecified atom stereocenters. The molecular formula is C21H35NO2. The maximum absolute atomic E-state index is 11.3. The largest absolute Gasteiger partial charge is 0.545 e. The molecule has 24 heavy (non-hydrogen) atoms. The topological polar surface area (TPSA) is 40.1 Å². The predicted octanol–water partition coefficient (Wildman–Crippen LogP) is 4.54. The van der Waals surface area contributed by atoms with Crippen LogP contribution in [-0.4, -0.2) is 26.6 Å². The van der Waals surface area contributed by atoms with Crippen LogP contribution in [0.15, 0.2) is 24.3 Å². The monoisotopic (exact) mass is 333 g/mol. The van der Waals surface area contributed by atoms with Gasteiger partial charge in [0, 0.05) is 0 Å². The van der Waals surface area contributed by atoms with E-state index in [2.05, 4.69) is 21.0 Å². The molecule has 136 valence electrons. The summed E-state index contributed by atoms with van der Waals surface area (Å²) in [6.45, 7) is 3.21. The fourth-order valence-electron chi connectivity index (χ4n) is 3.29. The fraction of sp³-hybridized carbons (Fsp3) is 0.667. The van der Waals surface area contributed by atoms with Gasteiger partial charge in [-0.2, -0.15) is 0 Å². The van der Waals surface area contributed by atoms with Crippen LogP contribution in [0.2, 0.25) is 0 Å². The molecule has 0 bridgehead atoms. The number of benzene rings is 1. The summed E-state index contributed by atoms with van der Waals surface area (Å²) in [6, 6.07) is 7.21. The van der Waals surface area contributed by atoms with Crippen molar-refractivity contribution in [3.05, 3.63) is 29.8 Å². The summed E-state index contributed by atoms with van der Waals surface area (Å²) in [7, 11) is 4.16. The molecule has 0 spiro atoms. The molecule has 0 aliphatic heterocycles. The summed E-state index contributed by atoms with van der Waals surface area (Å²) in [5, 5.41) is 11.3. The zero-order chi connectivity index (χ0) is 17.8. The summed E-state index contributed by atoms with van der Waals surface area (Å²) >= 11 is 0. The predicted molar refractivity (Wildman–Crippen MR) is 101 cm³/mol. The first kappa shape index (κ1) is 20.7. The Hall–Kier alpha value is -1.35. The SMILES string of the molecule is CCCCCCCCCCCC[N+](C)(C)c1ccccc1C(=O)[O-]. The molecule has 0 aromatic heterocycles. The highest BCUT2D eigenvalue weighted by molar-refractivity contribution is 5.92. The van der Waals surface area contributed by atoms with E-state index >= 15 is 0 Å². The Labute approximate surface area is 148 Å². The van der Waals surface area contributed by atoms with E-state index in [4.69, 9.17) is 0 Å². The van der Waals surface area contributed by atoms with Crippen molar-refractivity contribution in [3.63, 3.8) is 0 Å². The van der Waals surface area contributed by atoms with Gasteiger partial charge in [-0.3, -0.25) is 4.48 Å². The Balaban J connectivity index is 2.26. The number of hydrogen-bond acceptors (Lipinski definition) is 2. The van der Waals surface area contributed by atoms with Gasteiger partial charge in [0.05, 0.1) is 32.2 Å². The van der Waals surface area contributed by atoms with Crippen molar-refractivity contribution < 1.29 is 9.90 Å². The second-order valence-corrected chi connectivity index (χ2v) is 7.40. The van der Waals surface area contributed by atoms with Crippen LogP contribution in [0.4, 0.5) is 5.69 Å². The molecule has 0 saturated heterocycles. The molecule has 3 nitrogen and oxygen atoms in total. The van der Waals surface area contributed by atoms with Gasteiger partial charge in [0.1, 0.15) is 5.69 Å². The van der Waals surface area contributed by atoms with Crippen molar-refractivity contribution >= 4 is 11.7 Å². The van der Waals surface area contributed by atoms with Gasteiger partial charge in [-0.1, -0.05) is 70.4 Å². The summed E-state index contributed by atoms with van der Waals surface area (Å²) in [5.74, 6) is -1.08. The molecule has 0 fully saturated rings. The van der Waals surface area contributed by atoms with Gasteiger partial charge in [-0.15, -0.1) is 0 Å². The van der Waals surface area contributed by atoms with Crippen LogP contribution < -0.4 is 9.59 Å². The van der Waals surface area contributed by atoms with E-state index in [0.29, 0.717) is 10.0 Å². The van der Waals surface area contributed by atoms with Crippen molar-refractivity contribution in [2.75, 3.05) is 20.6 Å². The van der Waals surface area contributed by atoms with Crippen molar-refractivity contribution in [2.24, 2.45) is 0 Å². The van der Waals surface area contributed by atoms with Crippen LogP contribution in [0.5, 0.6) is 0 Å². The van der Waals surface area contributed by atoms with Gasteiger partial charge in [-0.05, 0) is 25.0 Å². The first-order valence-electron chi connectivity index (χ1n) is 9.63. The first-order chi connectivity index (χ1) is 11.5. The number of carboxylic acid groups (broad SMARTS) is 1. The number of quaternary nitrogens is 1. The zero-order valence-electron chi connectivity index (χ0n) is 15.9. The summed E-state index contributed by atoms with van der Waals surface area (Å²) in [5.41, 5.74) is 1.16. The van der Waals surface area contributed by atoms with E-state index in [1.807, 2.05) is 12.1 Å². The maximum atomic E-state index is 11.3. The minimum Gasteiger partial charge on any atom is -0.545 e. The minimum absolute atomic E-state index is 0.314. The second kappa shape index (κ2) is 11.2. The number of nitrogens with zero attached hydrogens (tertiary/aromatic N) is 1. The van der Waals surface area contributed by atoms with E-state index in [1.54, 1.807) is 12.1 Å². The van der Waals surface area contributed by atoms with Gasteiger partial charge >= 0.3 is 0 Å². The third-order valence-corrected chi connectivity index (χ3v) is 4.85. The van der Waals surface area contributed by atoms with Crippen LogP contribution in [0.1, 0.15) is 81.5 Å². The van der Waals surface area contributed by atoms with Crippen LogP contribution in [-0.2, 0) is 0 Å². The van der Waals surface area contributed by atoms with E-state index in [0.717, 1.165) is 18.7 Å². The lowest BCUT2D eigenvalue weighted by Gasteiger charge is -2.31. The second-order valence-electron chi connectivity index (χ2n) is 7.40. The van der Waals surface area contributed by atoms with Crippen LogP contribution in [0, 0.1) is 0 Å². The molecule has 0 amide bonds. The highest BCUT2D eigenvalue weighted by Crippen LogP contribution is 2.24. The van der Waals surface area contributed by atoms with Crippen molar-refractivity contribution in [1.29, 1.82) is 0 Å². The molecule has 0 aliphatic carbocycles. The average Bonchev–Trinajstić information content (AvgIpc) is 2.56. The third kappa shape index (κ3) is 7.48. The molecule has 1 aromatic rings. The number of unbranched alkanes of at least 4 members (excludes halogenated alkanes) is 9. The summed E-state index contributed by atoms with van der Waals surface area (Å²) in [4.78, 5) is 11.3. The Bertz CT molecular complexity index is 482. The first-order valence-corrected chi connectivity index (χ1v) is 9.63. The Morgan fingerprint density at radius 1 is 0.875 bits per heavy atom. The number of carboxylic acids is 1. The molecule has 0 aliphatic rings. The Kier molecular flexibility index (Phi) is 9.70. The van der Waals surface area contributed by atoms with E-state index in [9.17, 15) is 9.90 Å². The highest BCUT2D eigenvalue weighted by atomic mass is 16.4. The molecule has 3 heteroatoms. The van der Waals surface area contributed by atoms with Gasteiger partial charge < -0.3 is 9.90 Å². The van der Waals surface area contributed by atoms with Crippen LogP contribution >= 0.6 is 0 Å². The fourth-order valence-corrected chi connectivity index (χ4v) is 3.29. The molecule has 0 atom stereocenters. The van der Waals surface area contributed by atoms with Crippen molar-refractivity contribution in [2.45, 2.75) is 71.1 Å². The lowest BCUT2D eigenvalue weighted by atomic mass is 10.1. The molecule has 0 heterocycles. The number of carbonyl (C=O) groups is 1. The number of carbonyl (C=O) groups excluding carboxylic acids is 1. The Morgan fingerprint density at radius 2 is 1.38 bits per heavy atom. The molecule has 0 N–H and O–H groups in total. The number of para-hydroxylation sites is 1. The van der Waals surface area contributed by atoms with E-state index in [1.165, 1.54) is 57.8 Å². The van der Waals surface area contributed by atoms with Crippen LogP contribution in [0.25, 0.3) is 0 Å². The van der Waals surface area contributed by atoms with E-state index in [-0.39, 0.29) is 0 Å². The van der Waals surface area contributed by atoms with Crippen molar-refractivity contribution in [1.82, 2.24) is 4.48 Å². The Morgan fingerprint density at radius 3 is 1.92 bits per heavy atom. The molecule has 1 aromatic carbocycles. The number of rotatable bonds is 13. The van der Waals surface area contributed by atoms with Gasteiger partial charge in [0.25, 0.3) is 0 Å².